The minimum Gasteiger partial charge on any atom is -0.228 e. The van der Waals surface area contributed by atoms with Crippen molar-refractivity contribution in [2.24, 2.45) is 0 Å². The first kappa shape index (κ1) is 29.7. The highest BCUT2D eigenvalue weighted by Gasteiger charge is 2.44. The Bertz CT molecular complexity index is 2830. The normalized spacial score (nSPS) is 13.1. The molecule has 0 amide bonds. The van der Waals surface area contributed by atoms with Gasteiger partial charge in [-0.15, -0.1) is 0 Å². The van der Waals surface area contributed by atoms with Crippen molar-refractivity contribution in [3.05, 3.63) is 170 Å². The molecule has 1 aliphatic rings. The van der Waals surface area contributed by atoms with Crippen LogP contribution in [0.4, 0.5) is 0 Å². The lowest BCUT2D eigenvalue weighted by Crippen LogP contribution is -2.50. The lowest BCUT2D eigenvalue weighted by atomic mass is 9.94. The fraction of sp³-hybridized carbons (Fsp3) is 0.0417. The van der Waals surface area contributed by atoms with E-state index in [-0.39, 0.29) is 0 Å². The number of benzene rings is 8. The first-order valence-corrected chi connectivity index (χ1v) is 20.7. The molecule has 0 spiro atoms. The Labute approximate surface area is 298 Å². The summed E-state index contributed by atoms with van der Waals surface area (Å²) in [5, 5.41) is 10.4. The number of hydrogen-bond acceptors (Lipinski definition) is 2. The highest BCUT2D eigenvalue weighted by atomic mass is 28.3. The molecule has 3 heteroatoms. The predicted octanol–water partition coefficient (Wildman–Crippen LogP) is 11.4. The molecule has 2 heterocycles. The van der Waals surface area contributed by atoms with Gasteiger partial charge in [-0.1, -0.05) is 171 Å². The first-order valence-electron chi connectivity index (χ1n) is 17.7. The van der Waals surface area contributed by atoms with Gasteiger partial charge in [0.05, 0.1) is 11.4 Å². The minimum atomic E-state index is -2.33. The van der Waals surface area contributed by atoms with Crippen LogP contribution in [0.3, 0.4) is 0 Å². The van der Waals surface area contributed by atoms with Crippen LogP contribution in [-0.4, -0.2) is 18.0 Å². The summed E-state index contributed by atoms with van der Waals surface area (Å²) in [7, 11) is -2.33. The van der Waals surface area contributed by atoms with E-state index < -0.39 is 8.07 Å². The van der Waals surface area contributed by atoms with Crippen LogP contribution in [-0.2, 0) is 0 Å². The van der Waals surface area contributed by atoms with Crippen molar-refractivity contribution in [2.75, 3.05) is 0 Å². The van der Waals surface area contributed by atoms with Gasteiger partial charge in [0.15, 0.2) is 5.82 Å². The second-order valence-electron chi connectivity index (χ2n) is 14.1. The van der Waals surface area contributed by atoms with Crippen LogP contribution in [0.2, 0.25) is 13.1 Å². The first-order chi connectivity index (χ1) is 25.1. The maximum Gasteiger partial charge on any atom is 0.160 e. The van der Waals surface area contributed by atoms with Crippen molar-refractivity contribution in [3.8, 4) is 56.2 Å². The highest BCUT2D eigenvalue weighted by molar-refractivity contribution is 7.06. The zero-order valence-corrected chi connectivity index (χ0v) is 29.6. The second-order valence-corrected chi connectivity index (χ2v) is 18.4. The molecule has 240 valence electrons. The van der Waals surface area contributed by atoms with Crippen molar-refractivity contribution >= 4 is 50.8 Å². The Morgan fingerprint density at radius 2 is 0.863 bits per heavy atom. The van der Waals surface area contributed by atoms with E-state index in [2.05, 4.69) is 183 Å². The molecule has 9 aromatic rings. The summed E-state index contributed by atoms with van der Waals surface area (Å²) in [5.41, 5.74) is 10.3. The molecule has 0 aliphatic carbocycles. The summed E-state index contributed by atoms with van der Waals surface area (Å²) in [6, 6.07) is 61.3. The van der Waals surface area contributed by atoms with E-state index in [1.54, 1.807) is 0 Å². The summed E-state index contributed by atoms with van der Waals surface area (Å²) in [5.74, 6) is 0.757. The van der Waals surface area contributed by atoms with E-state index in [9.17, 15) is 0 Å². The summed E-state index contributed by atoms with van der Waals surface area (Å²) < 4.78 is 0. The monoisotopic (exact) mass is 666 g/mol. The fourth-order valence-electron chi connectivity index (χ4n) is 8.50. The van der Waals surface area contributed by atoms with Crippen LogP contribution in [0.5, 0.6) is 0 Å². The van der Waals surface area contributed by atoms with Crippen LogP contribution in [0.25, 0.3) is 88.5 Å². The molecule has 1 aromatic heterocycles. The van der Waals surface area contributed by atoms with Gasteiger partial charge in [-0.25, -0.2) is 9.97 Å². The van der Waals surface area contributed by atoms with Crippen LogP contribution >= 0.6 is 0 Å². The van der Waals surface area contributed by atoms with Gasteiger partial charge in [-0.05, 0) is 77.1 Å². The summed E-state index contributed by atoms with van der Waals surface area (Å²) in [4.78, 5) is 11.2. The van der Waals surface area contributed by atoms with Gasteiger partial charge in [0, 0.05) is 16.7 Å². The van der Waals surface area contributed by atoms with Crippen molar-refractivity contribution < 1.29 is 0 Å². The summed E-state index contributed by atoms with van der Waals surface area (Å²) >= 11 is 0. The molecule has 51 heavy (non-hydrogen) atoms. The van der Waals surface area contributed by atoms with Crippen molar-refractivity contribution in [1.82, 2.24) is 9.97 Å². The number of hydrogen-bond donors (Lipinski definition) is 0. The molecule has 0 unspecified atom stereocenters. The lowest BCUT2D eigenvalue weighted by Gasteiger charge is -2.24. The molecular weight excluding hydrogens is 633 g/mol. The highest BCUT2D eigenvalue weighted by Crippen LogP contribution is 2.42. The molecule has 0 radical (unpaired) electrons. The fourth-order valence-corrected chi connectivity index (χ4v) is 12.1. The van der Waals surface area contributed by atoms with Crippen molar-refractivity contribution in [2.45, 2.75) is 13.1 Å². The summed E-state index contributed by atoms with van der Waals surface area (Å²) in [6.07, 6.45) is 0. The Kier molecular flexibility index (Phi) is 6.67. The van der Waals surface area contributed by atoms with Gasteiger partial charge >= 0.3 is 0 Å². The topological polar surface area (TPSA) is 25.8 Å². The molecule has 0 N–H and O–H groups in total. The van der Waals surface area contributed by atoms with Gasteiger partial charge in [0.1, 0.15) is 8.07 Å². The Morgan fingerprint density at radius 1 is 0.373 bits per heavy atom. The molecule has 0 atom stereocenters. The minimum absolute atomic E-state index is 0.757. The zero-order valence-electron chi connectivity index (χ0n) is 28.6. The SMILES string of the molecule is C[Si]1(C)c2c(-c3cccc4ccccc34)nc(-c3cccc(-c4cccc(-c5ccccc5)c4)c3)nc2-c2c1c1ccccc1c1ccccc21. The van der Waals surface area contributed by atoms with Crippen molar-refractivity contribution in [3.63, 3.8) is 0 Å². The maximum atomic E-state index is 5.61. The largest absolute Gasteiger partial charge is 0.228 e. The Balaban J connectivity index is 1.26. The van der Waals surface area contributed by atoms with Gasteiger partial charge in [-0.3, -0.25) is 0 Å². The second kappa shape index (κ2) is 11.4. The average molecular weight is 667 g/mol. The van der Waals surface area contributed by atoms with Crippen LogP contribution in [0.1, 0.15) is 0 Å². The lowest BCUT2D eigenvalue weighted by molar-refractivity contribution is 1.20. The summed E-state index contributed by atoms with van der Waals surface area (Å²) in [6.45, 7) is 4.99. The molecule has 0 fully saturated rings. The average Bonchev–Trinajstić information content (AvgIpc) is 3.44. The molecule has 10 rings (SSSR count). The van der Waals surface area contributed by atoms with E-state index in [1.165, 1.54) is 70.5 Å². The number of rotatable bonds is 4. The molecular formula is C48H34N2Si. The number of nitrogens with zero attached hydrogens (tertiary/aromatic N) is 2. The Morgan fingerprint density at radius 3 is 1.61 bits per heavy atom. The van der Waals surface area contributed by atoms with E-state index in [0.717, 1.165) is 28.3 Å². The number of aromatic nitrogens is 2. The standard InChI is InChI=1S/C48H34N2Si/c1-51(2)46-42-27-11-9-25-39(42)38-24-8-10-26-40(38)43(46)45-47(51)44(41-28-14-18-32-17-6-7-23-37(32)41)49-48(50-45)36-22-13-21-35(30-36)34-20-12-19-33(29-34)31-15-4-3-5-16-31/h3-30H,1-2H3. The van der Waals surface area contributed by atoms with E-state index in [1.807, 2.05) is 0 Å². The van der Waals surface area contributed by atoms with Gasteiger partial charge in [0.2, 0.25) is 0 Å². The smallest absolute Gasteiger partial charge is 0.160 e. The third-order valence-corrected chi connectivity index (χ3v) is 14.3. The van der Waals surface area contributed by atoms with E-state index >= 15 is 0 Å². The van der Waals surface area contributed by atoms with Gasteiger partial charge in [0.25, 0.3) is 0 Å². The number of fused-ring (bicyclic) bond motifs is 9. The van der Waals surface area contributed by atoms with Crippen LogP contribution < -0.4 is 10.4 Å². The molecule has 0 saturated heterocycles. The Hall–Kier alpha value is -6.16. The third-order valence-electron chi connectivity index (χ3n) is 10.8. The third kappa shape index (κ3) is 4.62. The van der Waals surface area contributed by atoms with E-state index in [4.69, 9.17) is 9.97 Å². The predicted molar refractivity (Wildman–Crippen MR) is 218 cm³/mol. The molecule has 2 nitrogen and oxygen atoms in total. The van der Waals surface area contributed by atoms with Crippen LogP contribution in [0.15, 0.2) is 170 Å². The van der Waals surface area contributed by atoms with Gasteiger partial charge < -0.3 is 0 Å². The van der Waals surface area contributed by atoms with Crippen molar-refractivity contribution in [1.29, 1.82) is 0 Å². The quantitative estimate of drug-likeness (QED) is 0.138. The molecule has 0 bridgehead atoms. The van der Waals surface area contributed by atoms with E-state index in [0.29, 0.717) is 0 Å². The zero-order chi connectivity index (χ0) is 34.1. The molecule has 0 saturated carbocycles. The molecule has 1 aliphatic heterocycles. The molecule has 8 aromatic carbocycles. The van der Waals surface area contributed by atoms with Crippen LogP contribution in [0, 0.1) is 0 Å². The van der Waals surface area contributed by atoms with Gasteiger partial charge in [-0.2, -0.15) is 0 Å². The maximum absolute atomic E-state index is 5.61.